The number of amides is 1. The fourth-order valence-corrected chi connectivity index (χ4v) is 1.93. The Morgan fingerprint density at radius 1 is 1.62 bits per heavy atom. The van der Waals surface area contributed by atoms with E-state index in [2.05, 4.69) is 38.2 Å². The number of rotatable bonds is 3. The minimum Gasteiger partial charge on any atom is -0.313 e. The van der Waals surface area contributed by atoms with Crippen LogP contribution in [0.5, 0.6) is 0 Å². The first-order valence-electron chi connectivity index (χ1n) is 5.09. The number of hydrogen-bond donors (Lipinski definition) is 3. The van der Waals surface area contributed by atoms with Gasteiger partial charge in [0.25, 0.3) is 5.95 Å². The largest absolute Gasteiger partial charge is 0.313 e. The van der Waals surface area contributed by atoms with E-state index >= 15 is 0 Å². The summed E-state index contributed by atoms with van der Waals surface area (Å²) in [6.07, 6.45) is 1.81. The lowest BCUT2D eigenvalue weighted by molar-refractivity contribution is -0.120. The van der Waals surface area contributed by atoms with Gasteiger partial charge in [0, 0.05) is 6.04 Å². The normalized spacial score (nSPS) is 23.8. The quantitative estimate of drug-likeness (QED) is 0.695. The van der Waals surface area contributed by atoms with Gasteiger partial charge in [-0.05, 0) is 24.6 Å². The summed E-state index contributed by atoms with van der Waals surface area (Å²) >= 11 is 0. The molecule has 0 aromatic carbocycles. The number of anilines is 1. The highest BCUT2D eigenvalue weighted by atomic mass is 35.5. The molecule has 7 nitrogen and oxygen atoms in total. The Balaban J connectivity index is 0.00000128. The Kier molecular flexibility index (Phi) is 4.63. The molecule has 1 aromatic heterocycles. The van der Waals surface area contributed by atoms with E-state index < -0.39 is 0 Å². The third-order valence-electron chi connectivity index (χ3n) is 2.70. The third kappa shape index (κ3) is 2.67. The van der Waals surface area contributed by atoms with Crippen molar-refractivity contribution >= 4 is 24.3 Å². The summed E-state index contributed by atoms with van der Waals surface area (Å²) in [5.41, 5.74) is 0. The molecule has 0 aliphatic carbocycles. The maximum absolute atomic E-state index is 11.8. The highest BCUT2D eigenvalue weighted by molar-refractivity contribution is 5.91. The smallest absolute Gasteiger partial charge is 0.269 e. The average molecular weight is 247 g/mol. The molecule has 0 radical (unpaired) electrons. The van der Waals surface area contributed by atoms with Crippen molar-refractivity contribution in [2.24, 2.45) is 5.92 Å². The zero-order valence-corrected chi connectivity index (χ0v) is 9.75. The highest BCUT2D eigenvalue weighted by Gasteiger charge is 2.31. The van der Waals surface area contributed by atoms with E-state index in [0.717, 1.165) is 19.4 Å². The number of carbonyl (C=O) groups excluding carboxylic acids is 1. The van der Waals surface area contributed by atoms with Crippen LogP contribution in [0.2, 0.25) is 0 Å². The highest BCUT2D eigenvalue weighted by Crippen LogP contribution is 2.19. The molecule has 16 heavy (non-hydrogen) atoms. The maximum atomic E-state index is 11.8. The van der Waals surface area contributed by atoms with Crippen molar-refractivity contribution in [3.63, 3.8) is 0 Å². The number of halogens is 1. The number of aromatic nitrogens is 4. The number of carbonyl (C=O) groups is 1. The Labute approximate surface area is 99.2 Å². The SMILES string of the molecule is CCC1NCCC1C(=O)Nc1nn[nH]n1.Cl. The molecular formula is C8H15ClN6O. The lowest BCUT2D eigenvalue weighted by atomic mass is 9.98. The van der Waals surface area contributed by atoms with Gasteiger partial charge < -0.3 is 5.32 Å². The summed E-state index contributed by atoms with van der Waals surface area (Å²) in [4.78, 5) is 11.8. The monoisotopic (exact) mass is 246 g/mol. The molecule has 90 valence electrons. The number of H-pyrrole nitrogens is 1. The third-order valence-corrected chi connectivity index (χ3v) is 2.70. The van der Waals surface area contributed by atoms with Gasteiger partial charge in [0.05, 0.1) is 5.92 Å². The lowest BCUT2D eigenvalue weighted by Crippen LogP contribution is -2.34. The molecule has 1 aromatic rings. The molecule has 1 aliphatic heterocycles. The van der Waals surface area contributed by atoms with Crippen LogP contribution >= 0.6 is 12.4 Å². The van der Waals surface area contributed by atoms with Crippen LogP contribution in [0.4, 0.5) is 5.95 Å². The Hall–Kier alpha value is -1.21. The molecule has 2 heterocycles. The van der Waals surface area contributed by atoms with Gasteiger partial charge in [-0.25, -0.2) is 0 Å². The fourth-order valence-electron chi connectivity index (χ4n) is 1.93. The molecule has 1 aliphatic rings. The molecule has 1 fully saturated rings. The van der Waals surface area contributed by atoms with Gasteiger partial charge in [0.2, 0.25) is 5.91 Å². The molecule has 2 atom stereocenters. The van der Waals surface area contributed by atoms with Gasteiger partial charge in [-0.2, -0.15) is 5.21 Å². The minimum atomic E-state index is -0.0340. The molecule has 0 saturated carbocycles. The van der Waals surface area contributed by atoms with Crippen LogP contribution in [0.25, 0.3) is 0 Å². The maximum Gasteiger partial charge on any atom is 0.269 e. The van der Waals surface area contributed by atoms with Crippen LogP contribution in [0.1, 0.15) is 19.8 Å². The van der Waals surface area contributed by atoms with Crippen molar-refractivity contribution in [2.75, 3.05) is 11.9 Å². The second-order valence-corrected chi connectivity index (χ2v) is 3.59. The molecule has 1 amide bonds. The predicted molar refractivity (Wildman–Crippen MR) is 60.2 cm³/mol. The summed E-state index contributed by atoms with van der Waals surface area (Å²) < 4.78 is 0. The standard InChI is InChI=1S/C8H14N6O.ClH/c1-2-6-5(3-4-9-6)7(15)10-8-11-13-14-12-8;/h5-6,9H,2-4H2,1H3,(H2,10,11,12,13,14,15);1H. The van der Waals surface area contributed by atoms with Crippen LogP contribution in [0, 0.1) is 5.92 Å². The Bertz CT molecular complexity index is 329. The van der Waals surface area contributed by atoms with Gasteiger partial charge in [0.15, 0.2) is 0 Å². The van der Waals surface area contributed by atoms with Gasteiger partial charge in [-0.3, -0.25) is 10.1 Å². The first-order chi connectivity index (χ1) is 7.31. The van der Waals surface area contributed by atoms with Crippen LogP contribution in [-0.2, 0) is 4.79 Å². The fraction of sp³-hybridized carbons (Fsp3) is 0.750. The zero-order valence-electron chi connectivity index (χ0n) is 8.93. The van der Waals surface area contributed by atoms with E-state index in [4.69, 9.17) is 0 Å². The minimum absolute atomic E-state index is 0. The van der Waals surface area contributed by atoms with Crippen LogP contribution in [0.15, 0.2) is 0 Å². The molecule has 8 heteroatoms. The van der Waals surface area contributed by atoms with E-state index in [9.17, 15) is 4.79 Å². The van der Waals surface area contributed by atoms with Crippen molar-refractivity contribution in [2.45, 2.75) is 25.8 Å². The molecule has 3 N–H and O–H groups in total. The molecule has 2 rings (SSSR count). The van der Waals surface area contributed by atoms with Gasteiger partial charge in [-0.1, -0.05) is 12.0 Å². The second kappa shape index (κ2) is 5.76. The van der Waals surface area contributed by atoms with E-state index in [1.807, 2.05) is 0 Å². The van der Waals surface area contributed by atoms with Crippen molar-refractivity contribution in [1.82, 2.24) is 25.9 Å². The van der Waals surface area contributed by atoms with Crippen molar-refractivity contribution < 1.29 is 4.79 Å². The van der Waals surface area contributed by atoms with E-state index in [1.165, 1.54) is 0 Å². The topological polar surface area (TPSA) is 95.6 Å². The Morgan fingerprint density at radius 3 is 3.06 bits per heavy atom. The van der Waals surface area contributed by atoms with Gasteiger partial charge >= 0.3 is 0 Å². The number of hydrogen-bond acceptors (Lipinski definition) is 5. The molecule has 0 spiro atoms. The summed E-state index contributed by atoms with van der Waals surface area (Å²) in [7, 11) is 0. The number of nitrogens with zero attached hydrogens (tertiary/aromatic N) is 3. The van der Waals surface area contributed by atoms with Crippen molar-refractivity contribution in [1.29, 1.82) is 0 Å². The van der Waals surface area contributed by atoms with Crippen molar-refractivity contribution in [3.8, 4) is 0 Å². The lowest BCUT2D eigenvalue weighted by Gasteiger charge is -2.15. The summed E-state index contributed by atoms with van der Waals surface area (Å²) in [5, 5.41) is 18.9. The summed E-state index contributed by atoms with van der Waals surface area (Å²) in [5.74, 6) is 0.212. The molecule has 1 saturated heterocycles. The van der Waals surface area contributed by atoms with Gasteiger partial charge in [-0.15, -0.1) is 17.5 Å². The van der Waals surface area contributed by atoms with E-state index in [0.29, 0.717) is 0 Å². The van der Waals surface area contributed by atoms with Crippen LogP contribution in [0.3, 0.4) is 0 Å². The summed E-state index contributed by atoms with van der Waals surface area (Å²) in [6.45, 7) is 2.96. The second-order valence-electron chi connectivity index (χ2n) is 3.59. The number of nitrogens with one attached hydrogen (secondary N) is 3. The first kappa shape index (κ1) is 12.9. The number of tetrazole rings is 1. The van der Waals surface area contributed by atoms with E-state index in [-0.39, 0.29) is 36.2 Å². The Morgan fingerprint density at radius 2 is 2.44 bits per heavy atom. The van der Waals surface area contributed by atoms with E-state index in [1.54, 1.807) is 0 Å². The predicted octanol–water partition coefficient (Wildman–Crippen LogP) is -0.0519. The molecule has 2 unspecified atom stereocenters. The van der Waals surface area contributed by atoms with Crippen LogP contribution in [-0.4, -0.2) is 39.1 Å². The average Bonchev–Trinajstić information content (AvgIpc) is 2.86. The summed E-state index contributed by atoms with van der Waals surface area (Å²) in [6, 6.07) is 0.261. The van der Waals surface area contributed by atoms with Crippen LogP contribution < -0.4 is 10.6 Å². The zero-order chi connectivity index (χ0) is 10.7. The molecular weight excluding hydrogens is 232 g/mol. The van der Waals surface area contributed by atoms with Crippen molar-refractivity contribution in [3.05, 3.63) is 0 Å². The number of aromatic amines is 1. The molecule has 0 bridgehead atoms. The van der Waals surface area contributed by atoms with Gasteiger partial charge in [0.1, 0.15) is 0 Å². The first-order valence-corrected chi connectivity index (χ1v) is 5.09.